The lowest BCUT2D eigenvalue weighted by Gasteiger charge is -2.25. The molecule has 9 heteroatoms. The number of nitrogens with one attached hydrogen (secondary N) is 2. The van der Waals surface area contributed by atoms with E-state index >= 15 is 0 Å². The smallest absolute Gasteiger partial charge is 0.355 e. The third kappa shape index (κ3) is 5.87. The molecule has 0 saturated carbocycles. The molecule has 0 saturated heterocycles. The fraction of sp³-hybridized carbons (Fsp3) is 0.333. The summed E-state index contributed by atoms with van der Waals surface area (Å²) in [5.74, 6) is -0.952. The Bertz CT molecular complexity index is 1060. The van der Waals surface area contributed by atoms with E-state index < -0.39 is 17.5 Å². The molecular weight excluding hydrogens is 424 g/mol. The van der Waals surface area contributed by atoms with Gasteiger partial charge in [0.15, 0.2) is 0 Å². The largest absolute Gasteiger partial charge is 0.463 e. The minimum absolute atomic E-state index is 0.0786. The Kier molecular flexibility index (Phi) is 8.00. The maximum Gasteiger partial charge on any atom is 0.355 e. The highest BCUT2D eigenvalue weighted by Gasteiger charge is 2.47. The number of para-hydroxylation sites is 1. The summed E-state index contributed by atoms with van der Waals surface area (Å²) in [5.41, 5.74) is 4.12. The molecule has 9 nitrogen and oxygen atoms in total. The molecule has 0 fully saturated rings. The minimum Gasteiger partial charge on any atom is -0.463 e. The summed E-state index contributed by atoms with van der Waals surface area (Å²) in [4.78, 5) is 36.2. The van der Waals surface area contributed by atoms with Gasteiger partial charge >= 0.3 is 5.97 Å². The first-order chi connectivity index (χ1) is 16.0. The lowest BCUT2D eigenvalue weighted by Crippen LogP contribution is -2.46. The Morgan fingerprint density at radius 1 is 1.18 bits per heavy atom. The molecule has 1 amide bonds. The van der Waals surface area contributed by atoms with Crippen LogP contribution in [0.3, 0.4) is 0 Å². The van der Waals surface area contributed by atoms with E-state index in [4.69, 9.17) is 19.7 Å². The zero-order valence-electron chi connectivity index (χ0n) is 18.6. The van der Waals surface area contributed by atoms with Crippen LogP contribution in [0.5, 0.6) is 0 Å². The van der Waals surface area contributed by atoms with Crippen LogP contribution in [0, 0.1) is 11.3 Å². The molecule has 0 spiro atoms. The normalized spacial score (nSPS) is 16.8. The fourth-order valence-corrected chi connectivity index (χ4v) is 3.26. The second-order valence-electron chi connectivity index (χ2n) is 7.42. The van der Waals surface area contributed by atoms with Gasteiger partial charge < -0.3 is 14.9 Å². The molecule has 172 valence electrons. The summed E-state index contributed by atoms with van der Waals surface area (Å²) in [6.07, 6.45) is 0.980. The number of hydroxylamine groups is 1. The molecule has 1 atom stereocenters. The van der Waals surface area contributed by atoms with E-state index in [9.17, 15) is 9.59 Å². The van der Waals surface area contributed by atoms with Crippen molar-refractivity contribution >= 4 is 23.3 Å². The van der Waals surface area contributed by atoms with Gasteiger partial charge in [-0.15, -0.1) is 0 Å². The van der Waals surface area contributed by atoms with Crippen molar-refractivity contribution in [3.63, 3.8) is 0 Å². The molecular formula is C24H26N4O5. The van der Waals surface area contributed by atoms with E-state index in [1.807, 2.05) is 13.0 Å². The van der Waals surface area contributed by atoms with Gasteiger partial charge in [-0.3, -0.25) is 9.63 Å². The highest BCUT2D eigenvalue weighted by Crippen LogP contribution is 2.28. The van der Waals surface area contributed by atoms with Gasteiger partial charge in [-0.2, -0.15) is 5.26 Å². The summed E-state index contributed by atoms with van der Waals surface area (Å²) < 4.78 is 5.20. The first-order valence-electron chi connectivity index (χ1n) is 10.7. The quantitative estimate of drug-likeness (QED) is 0.421. The van der Waals surface area contributed by atoms with Crippen molar-refractivity contribution in [3.05, 3.63) is 65.2 Å². The number of carbonyl (C=O) groups is 2. The van der Waals surface area contributed by atoms with Gasteiger partial charge in [-0.25, -0.2) is 10.3 Å². The van der Waals surface area contributed by atoms with Gasteiger partial charge in [0.25, 0.3) is 11.5 Å². The predicted octanol–water partition coefficient (Wildman–Crippen LogP) is 3.32. The zero-order chi connectivity index (χ0) is 23.7. The van der Waals surface area contributed by atoms with Crippen molar-refractivity contribution in [2.75, 3.05) is 18.5 Å². The lowest BCUT2D eigenvalue weighted by molar-refractivity contribution is -0.167. The summed E-state index contributed by atoms with van der Waals surface area (Å²) >= 11 is 0. The van der Waals surface area contributed by atoms with E-state index in [2.05, 4.69) is 16.0 Å². The number of ether oxygens (including phenoxy) is 1. The van der Waals surface area contributed by atoms with Crippen molar-refractivity contribution in [1.29, 1.82) is 5.26 Å². The van der Waals surface area contributed by atoms with E-state index in [0.29, 0.717) is 29.7 Å². The van der Waals surface area contributed by atoms with Crippen LogP contribution in [0.15, 0.2) is 53.7 Å². The summed E-state index contributed by atoms with van der Waals surface area (Å²) in [7, 11) is 0. The molecule has 3 rings (SSSR count). The molecule has 2 aromatic rings. The van der Waals surface area contributed by atoms with Crippen LogP contribution in [-0.2, 0) is 25.8 Å². The summed E-state index contributed by atoms with van der Waals surface area (Å²) in [6, 6.07) is 15.8. The molecule has 1 aliphatic rings. The summed E-state index contributed by atoms with van der Waals surface area (Å²) in [5, 5.41) is 16.0. The lowest BCUT2D eigenvalue weighted by atomic mass is 9.96. The Balaban J connectivity index is 1.63. The number of benzene rings is 2. The van der Waals surface area contributed by atoms with Crippen LogP contribution in [0.4, 0.5) is 5.69 Å². The molecule has 0 aliphatic carbocycles. The van der Waals surface area contributed by atoms with Crippen molar-refractivity contribution in [2.45, 2.75) is 38.9 Å². The molecule has 33 heavy (non-hydrogen) atoms. The maximum atomic E-state index is 12.7. The maximum absolute atomic E-state index is 12.7. The third-order valence-corrected chi connectivity index (χ3v) is 5.12. The van der Waals surface area contributed by atoms with Gasteiger partial charge in [0.1, 0.15) is 0 Å². The SMILES string of the molecule is CCOC(=O)C1(CNc2ccccc2C(=O)NOCc2ccc(C#N)cc2)CC(CC)=NO1. The van der Waals surface area contributed by atoms with Crippen LogP contribution >= 0.6 is 0 Å². The molecule has 0 bridgehead atoms. The number of nitriles is 1. The molecule has 1 aliphatic heterocycles. The van der Waals surface area contributed by atoms with Crippen LogP contribution in [0.2, 0.25) is 0 Å². The van der Waals surface area contributed by atoms with Gasteiger partial charge in [0.2, 0.25) is 0 Å². The number of hydrogen-bond acceptors (Lipinski definition) is 8. The van der Waals surface area contributed by atoms with Gasteiger partial charge in [0.05, 0.1) is 42.7 Å². The van der Waals surface area contributed by atoms with E-state index in [1.165, 1.54) is 0 Å². The molecule has 0 aromatic heterocycles. The summed E-state index contributed by atoms with van der Waals surface area (Å²) in [6.45, 7) is 4.11. The van der Waals surface area contributed by atoms with Crippen LogP contribution in [-0.4, -0.2) is 36.3 Å². The standard InChI is InChI=1S/C24H26N4O5/c1-3-19-13-24(33-27-19,23(30)31-4-2)16-26-21-8-6-5-7-20(21)22(29)28-32-15-18-11-9-17(14-25)10-12-18/h5-12,26H,3-4,13,15-16H2,1-2H3,(H,28,29). The zero-order valence-corrected chi connectivity index (χ0v) is 18.6. The van der Waals surface area contributed by atoms with E-state index in [-0.39, 0.29) is 19.8 Å². The van der Waals surface area contributed by atoms with Gasteiger partial charge in [0, 0.05) is 12.1 Å². The molecule has 0 radical (unpaired) electrons. The van der Waals surface area contributed by atoms with Crippen molar-refractivity contribution in [1.82, 2.24) is 5.48 Å². The van der Waals surface area contributed by atoms with E-state index in [1.54, 1.807) is 55.5 Å². The Morgan fingerprint density at radius 2 is 1.94 bits per heavy atom. The van der Waals surface area contributed by atoms with Crippen LogP contribution < -0.4 is 10.8 Å². The molecule has 2 aromatic carbocycles. The predicted molar refractivity (Wildman–Crippen MR) is 121 cm³/mol. The molecule has 2 N–H and O–H groups in total. The first kappa shape index (κ1) is 23.8. The van der Waals surface area contributed by atoms with Crippen molar-refractivity contribution < 1.29 is 24.0 Å². The fourth-order valence-electron chi connectivity index (χ4n) is 3.26. The topological polar surface area (TPSA) is 122 Å². The van der Waals surface area contributed by atoms with Gasteiger partial charge in [-0.1, -0.05) is 36.3 Å². The molecule has 1 unspecified atom stereocenters. The second kappa shape index (κ2) is 11.1. The van der Waals surface area contributed by atoms with Crippen LogP contribution in [0.25, 0.3) is 0 Å². The van der Waals surface area contributed by atoms with Gasteiger partial charge in [-0.05, 0) is 43.2 Å². The van der Waals surface area contributed by atoms with Crippen molar-refractivity contribution in [2.24, 2.45) is 5.16 Å². The Hall–Kier alpha value is -3.90. The number of anilines is 1. The highest BCUT2D eigenvalue weighted by molar-refractivity contribution is 5.99. The third-order valence-electron chi connectivity index (χ3n) is 5.12. The Morgan fingerprint density at radius 3 is 2.61 bits per heavy atom. The number of amides is 1. The second-order valence-corrected chi connectivity index (χ2v) is 7.42. The highest BCUT2D eigenvalue weighted by atomic mass is 16.7. The average molecular weight is 450 g/mol. The van der Waals surface area contributed by atoms with E-state index in [0.717, 1.165) is 11.3 Å². The number of hydrogen-bond donors (Lipinski definition) is 2. The monoisotopic (exact) mass is 450 g/mol. The number of oxime groups is 1. The minimum atomic E-state index is -1.28. The van der Waals surface area contributed by atoms with Crippen LogP contribution in [0.1, 0.15) is 48.2 Å². The number of rotatable bonds is 10. The number of nitrogens with zero attached hydrogens (tertiary/aromatic N) is 2. The molecule has 1 heterocycles. The average Bonchev–Trinajstić information content (AvgIpc) is 3.28. The van der Waals surface area contributed by atoms with Crippen molar-refractivity contribution in [3.8, 4) is 6.07 Å². The number of carbonyl (C=O) groups excluding carboxylic acids is 2. The first-order valence-corrected chi connectivity index (χ1v) is 10.7. The Labute approximate surface area is 192 Å². The number of esters is 1.